The molecule has 0 saturated carbocycles. The Morgan fingerprint density at radius 1 is 1.05 bits per heavy atom. The van der Waals surface area contributed by atoms with Crippen LogP contribution < -0.4 is 4.74 Å². The monoisotopic (exact) mass is 284 g/mol. The van der Waals surface area contributed by atoms with Gasteiger partial charge in [-0.05, 0) is 49.6 Å². The van der Waals surface area contributed by atoms with Crippen molar-refractivity contribution < 1.29 is 14.3 Å². The second-order valence-corrected chi connectivity index (χ2v) is 4.93. The van der Waals surface area contributed by atoms with Gasteiger partial charge >= 0.3 is 5.97 Å². The predicted octanol–water partition coefficient (Wildman–Crippen LogP) is 4.06. The second kappa shape index (κ2) is 6.93. The SMILES string of the molecule is CCOC(=O)c1cc(C)c(OCc2ccccc2)c(C)c1. The van der Waals surface area contributed by atoms with Crippen LogP contribution in [0.2, 0.25) is 0 Å². The van der Waals surface area contributed by atoms with E-state index in [0.29, 0.717) is 18.8 Å². The summed E-state index contributed by atoms with van der Waals surface area (Å²) in [6.45, 7) is 6.57. The highest BCUT2D eigenvalue weighted by Crippen LogP contribution is 2.26. The lowest BCUT2D eigenvalue weighted by atomic mass is 10.1. The van der Waals surface area contributed by atoms with Crippen LogP contribution in [0.5, 0.6) is 5.75 Å². The van der Waals surface area contributed by atoms with E-state index in [0.717, 1.165) is 22.4 Å². The van der Waals surface area contributed by atoms with Crippen LogP contribution in [-0.2, 0) is 11.3 Å². The van der Waals surface area contributed by atoms with Crippen LogP contribution >= 0.6 is 0 Å². The third kappa shape index (κ3) is 3.85. The summed E-state index contributed by atoms with van der Waals surface area (Å²) < 4.78 is 10.9. The first kappa shape index (κ1) is 15.1. The van der Waals surface area contributed by atoms with Crippen LogP contribution in [0, 0.1) is 13.8 Å². The van der Waals surface area contributed by atoms with Crippen molar-refractivity contribution in [3.8, 4) is 5.75 Å². The second-order valence-electron chi connectivity index (χ2n) is 4.93. The van der Waals surface area contributed by atoms with Crippen LogP contribution in [0.15, 0.2) is 42.5 Å². The summed E-state index contributed by atoms with van der Waals surface area (Å²) in [4.78, 5) is 11.8. The van der Waals surface area contributed by atoms with Crippen molar-refractivity contribution in [1.82, 2.24) is 0 Å². The topological polar surface area (TPSA) is 35.5 Å². The summed E-state index contributed by atoms with van der Waals surface area (Å²) in [5.41, 5.74) is 3.56. The Hall–Kier alpha value is -2.29. The number of carbonyl (C=O) groups is 1. The first-order valence-corrected chi connectivity index (χ1v) is 7.07. The summed E-state index contributed by atoms with van der Waals surface area (Å²) in [6.07, 6.45) is 0. The Kier molecular flexibility index (Phi) is 4.99. The molecule has 0 atom stereocenters. The van der Waals surface area contributed by atoms with Gasteiger partial charge in [-0.15, -0.1) is 0 Å². The summed E-state index contributed by atoms with van der Waals surface area (Å²) in [7, 11) is 0. The zero-order valence-electron chi connectivity index (χ0n) is 12.7. The number of ether oxygens (including phenoxy) is 2. The molecule has 0 saturated heterocycles. The standard InChI is InChI=1S/C18H20O3/c1-4-20-18(19)16-10-13(2)17(14(3)11-16)21-12-15-8-6-5-7-9-15/h5-11H,4,12H2,1-3H3. The van der Waals surface area contributed by atoms with E-state index in [1.54, 1.807) is 6.92 Å². The largest absolute Gasteiger partial charge is 0.488 e. The molecule has 0 spiro atoms. The molecule has 2 aromatic carbocycles. The lowest BCUT2D eigenvalue weighted by Gasteiger charge is -2.14. The Bertz CT molecular complexity index is 595. The van der Waals surface area contributed by atoms with Gasteiger partial charge < -0.3 is 9.47 Å². The summed E-state index contributed by atoms with van der Waals surface area (Å²) in [5, 5.41) is 0. The molecule has 110 valence electrons. The van der Waals surface area contributed by atoms with E-state index in [1.165, 1.54) is 0 Å². The van der Waals surface area contributed by atoms with Gasteiger partial charge in [0, 0.05) is 0 Å². The highest BCUT2D eigenvalue weighted by atomic mass is 16.5. The minimum atomic E-state index is -0.293. The van der Waals surface area contributed by atoms with Crippen LogP contribution in [-0.4, -0.2) is 12.6 Å². The molecule has 3 nitrogen and oxygen atoms in total. The molecule has 0 N–H and O–H groups in total. The van der Waals surface area contributed by atoms with E-state index in [9.17, 15) is 4.79 Å². The average molecular weight is 284 g/mol. The average Bonchev–Trinajstić information content (AvgIpc) is 2.47. The van der Waals surface area contributed by atoms with Gasteiger partial charge in [-0.25, -0.2) is 4.79 Å². The lowest BCUT2D eigenvalue weighted by Crippen LogP contribution is -2.07. The van der Waals surface area contributed by atoms with E-state index in [-0.39, 0.29) is 5.97 Å². The number of hydrogen-bond donors (Lipinski definition) is 0. The molecule has 0 aliphatic carbocycles. The van der Waals surface area contributed by atoms with Crippen molar-refractivity contribution in [2.45, 2.75) is 27.4 Å². The smallest absolute Gasteiger partial charge is 0.338 e. The maximum absolute atomic E-state index is 11.8. The van der Waals surface area contributed by atoms with Crippen LogP contribution in [0.4, 0.5) is 0 Å². The van der Waals surface area contributed by atoms with Gasteiger partial charge in [-0.3, -0.25) is 0 Å². The summed E-state index contributed by atoms with van der Waals surface area (Å²) in [6, 6.07) is 13.6. The molecule has 0 heterocycles. The fourth-order valence-corrected chi connectivity index (χ4v) is 2.24. The number of hydrogen-bond acceptors (Lipinski definition) is 3. The van der Waals surface area contributed by atoms with Gasteiger partial charge in [0.2, 0.25) is 0 Å². The third-order valence-corrected chi connectivity index (χ3v) is 3.20. The maximum Gasteiger partial charge on any atom is 0.338 e. The van der Waals surface area contributed by atoms with Gasteiger partial charge in [0.25, 0.3) is 0 Å². The number of aryl methyl sites for hydroxylation is 2. The van der Waals surface area contributed by atoms with Crippen LogP contribution in [0.3, 0.4) is 0 Å². The molecule has 2 aromatic rings. The molecular weight excluding hydrogens is 264 g/mol. The normalized spacial score (nSPS) is 10.2. The maximum atomic E-state index is 11.8. The molecule has 0 aliphatic rings. The molecule has 3 heteroatoms. The van der Waals surface area contributed by atoms with Crippen molar-refractivity contribution in [1.29, 1.82) is 0 Å². The van der Waals surface area contributed by atoms with E-state index < -0.39 is 0 Å². The van der Waals surface area contributed by atoms with Crippen molar-refractivity contribution in [2.24, 2.45) is 0 Å². The molecule has 0 radical (unpaired) electrons. The van der Waals surface area contributed by atoms with Gasteiger partial charge in [-0.1, -0.05) is 30.3 Å². The molecule has 2 rings (SSSR count). The van der Waals surface area contributed by atoms with Crippen molar-refractivity contribution >= 4 is 5.97 Å². The summed E-state index contributed by atoms with van der Waals surface area (Å²) >= 11 is 0. The molecule has 0 bridgehead atoms. The highest BCUT2D eigenvalue weighted by molar-refractivity contribution is 5.90. The lowest BCUT2D eigenvalue weighted by molar-refractivity contribution is 0.0526. The van der Waals surface area contributed by atoms with E-state index in [4.69, 9.17) is 9.47 Å². The first-order chi connectivity index (χ1) is 10.1. The minimum Gasteiger partial charge on any atom is -0.488 e. The van der Waals surface area contributed by atoms with E-state index >= 15 is 0 Å². The van der Waals surface area contributed by atoms with Crippen molar-refractivity contribution in [2.75, 3.05) is 6.61 Å². The zero-order chi connectivity index (χ0) is 15.2. The predicted molar refractivity (Wildman–Crippen MR) is 82.6 cm³/mol. The Labute approximate surface area is 125 Å². The van der Waals surface area contributed by atoms with Crippen molar-refractivity contribution in [3.63, 3.8) is 0 Å². The fraction of sp³-hybridized carbons (Fsp3) is 0.278. The van der Waals surface area contributed by atoms with Crippen molar-refractivity contribution in [3.05, 3.63) is 64.7 Å². The summed E-state index contributed by atoms with van der Waals surface area (Å²) in [5.74, 6) is 0.533. The molecule has 0 amide bonds. The van der Waals surface area contributed by atoms with Gasteiger partial charge in [-0.2, -0.15) is 0 Å². The van der Waals surface area contributed by atoms with Crippen LogP contribution in [0.25, 0.3) is 0 Å². The van der Waals surface area contributed by atoms with E-state index in [2.05, 4.69) is 0 Å². The highest BCUT2D eigenvalue weighted by Gasteiger charge is 2.12. The molecule has 21 heavy (non-hydrogen) atoms. The first-order valence-electron chi connectivity index (χ1n) is 7.07. The Morgan fingerprint density at radius 3 is 2.24 bits per heavy atom. The minimum absolute atomic E-state index is 0.293. The number of carbonyl (C=O) groups excluding carboxylic acids is 1. The Balaban J connectivity index is 2.15. The number of esters is 1. The number of rotatable bonds is 5. The molecule has 0 aliphatic heterocycles. The fourth-order valence-electron chi connectivity index (χ4n) is 2.24. The number of benzene rings is 2. The van der Waals surface area contributed by atoms with Gasteiger partial charge in [0.15, 0.2) is 0 Å². The molecular formula is C18H20O3. The van der Waals surface area contributed by atoms with Crippen LogP contribution in [0.1, 0.15) is 34.0 Å². The van der Waals surface area contributed by atoms with Gasteiger partial charge in [0.1, 0.15) is 12.4 Å². The third-order valence-electron chi connectivity index (χ3n) is 3.20. The Morgan fingerprint density at radius 2 is 1.67 bits per heavy atom. The quantitative estimate of drug-likeness (QED) is 0.777. The van der Waals surface area contributed by atoms with Gasteiger partial charge in [0.05, 0.1) is 12.2 Å². The zero-order valence-corrected chi connectivity index (χ0v) is 12.7. The molecule has 0 unspecified atom stereocenters. The molecule has 0 fully saturated rings. The van der Waals surface area contributed by atoms with E-state index in [1.807, 2.05) is 56.3 Å². The molecule has 0 aromatic heterocycles.